The van der Waals surface area contributed by atoms with Gasteiger partial charge in [-0.15, -0.1) is 23.1 Å². The van der Waals surface area contributed by atoms with E-state index in [0.717, 1.165) is 41.3 Å². The molecular weight excluding hydrogens is 358 g/mol. The first-order valence-corrected chi connectivity index (χ1v) is 8.97. The van der Waals surface area contributed by atoms with E-state index in [1.807, 2.05) is 0 Å². The summed E-state index contributed by atoms with van der Waals surface area (Å²) < 4.78 is 31.7. The number of rotatable bonds is 7. The van der Waals surface area contributed by atoms with Crippen LogP contribution in [-0.4, -0.2) is 35.0 Å². The molecule has 0 saturated carbocycles. The summed E-state index contributed by atoms with van der Waals surface area (Å²) in [5.41, 5.74) is 0.273. The Kier molecular flexibility index (Phi) is 6.68. The van der Waals surface area contributed by atoms with Gasteiger partial charge in [0, 0.05) is 10.9 Å². The third-order valence-electron chi connectivity index (χ3n) is 2.71. The lowest BCUT2D eigenvalue weighted by Crippen LogP contribution is -2.16. The van der Waals surface area contributed by atoms with Crippen molar-refractivity contribution < 1.29 is 23.1 Å². The summed E-state index contributed by atoms with van der Waals surface area (Å²) in [6, 6.07) is 3.09. The number of amides is 1. The van der Waals surface area contributed by atoms with Gasteiger partial charge in [-0.2, -0.15) is 0 Å². The Balaban J connectivity index is 1.90. The first-order valence-electron chi connectivity index (χ1n) is 6.93. The molecule has 24 heavy (non-hydrogen) atoms. The zero-order valence-electron chi connectivity index (χ0n) is 12.7. The first kappa shape index (κ1) is 18.3. The average molecular weight is 372 g/mol. The van der Waals surface area contributed by atoms with E-state index >= 15 is 0 Å². The molecule has 9 heteroatoms. The van der Waals surface area contributed by atoms with Crippen molar-refractivity contribution in [3.8, 4) is 11.3 Å². The minimum Gasteiger partial charge on any atom is -0.465 e. The zero-order chi connectivity index (χ0) is 17.5. The van der Waals surface area contributed by atoms with Gasteiger partial charge in [-0.3, -0.25) is 9.59 Å². The lowest BCUT2D eigenvalue weighted by Gasteiger charge is -2.02. The number of carbonyl (C=O) groups excluding carboxylic acids is 2. The molecule has 0 unspecified atom stereocenters. The Bertz CT molecular complexity index is 737. The fourth-order valence-corrected chi connectivity index (χ4v) is 3.07. The monoisotopic (exact) mass is 372 g/mol. The van der Waals surface area contributed by atoms with E-state index in [4.69, 9.17) is 4.74 Å². The van der Waals surface area contributed by atoms with Gasteiger partial charge in [-0.1, -0.05) is 0 Å². The molecule has 0 fully saturated rings. The fourth-order valence-electron chi connectivity index (χ4n) is 1.73. The van der Waals surface area contributed by atoms with Gasteiger partial charge in [0.1, 0.15) is 11.6 Å². The highest BCUT2D eigenvalue weighted by atomic mass is 32.2. The molecule has 0 atom stereocenters. The number of hydrogen-bond acceptors (Lipinski definition) is 6. The van der Waals surface area contributed by atoms with Crippen LogP contribution in [0.2, 0.25) is 0 Å². The second kappa shape index (κ2) is 8.74. The third kappa shape index (κ3) is 5.27. The lowest BCUT2D eigenvalue weighted by atomic mass is 10.1. The van der Waals surface area contributed by atoms with Crippen LogP contribution in [0.3, 0.4) is 0 Å². The highest BCUT2D eigenvalue weighted by molar-refractivity contribution is 8.00. The largest absolute Gasteiger partial charge is 0.465 e. The van der Waals surface area contributed by atoms with Crippen LogP contribution in [0.4, 0.5) is 13.9 Å². The van der Waals surface area contributed by atoms with Crippen molar-refractivity contribution in [1.82, 2.24) is 4.98 Å². The summed E-state index contributed by atoms with van der Waals surface area (Å²) in [5.74, 6) is -1.75. The average Bonchev–Trinajstić information content (AvgIpc) is 2.98. The fraction of sp³-hybridized carbons (Fsp3) is 0.267. The van der Waals surface area contributed by atoms with E-state index in [1.54, 1.807) is 6.92 Å². The summed E-state index contributed by atoms with van der Waals surface area (Å²) in [7, 11) is 0. The number of esters is 1. The van der Waals surface area contributed by atoms with Crippen LogP contribution in [0, 0.1) is 11.6 Å². The van der Waals surface area contributed by atoms with Crippen LogP contribution in [0.1, 0.15) is 6.92 Å². The molecule has 0 aliphatic heterocycles. The molecule has 0 aliphatic rings. The minimum absolute atomic E-state index is 0.0310. The van der Waals surface area contributed by atoms with E-state index in [9.17, 15) is 18.4 Å². The van der Waals surface area contributed by atoms with E-state index in [2.05, 4.69) is 10.3 Å². The van der Waals surface area contributed by atoms with E-state index < -0.39 is 11.6 Å². The Morgan fingerprint density at radius 3 is 2.88 bits per heavy atom. The number of hydrogen-bond donors (Lipinski definition) is 1. The van der Waals surface area contributed by atoms with Gasteiger partial charge in [-0.25, -0.2) is 13.8 Å². The number of carbonyl (C=O) groups is 2. The predicted molar refractivity (Wildman–Crippen MR) is 90.1 cm³/mol. The molecule has 0 saturated heterocycles. The maximum Gasteiger partial charge on any atom is 0.315 e. The number of ether oxygens (including phenoxy) is 1. The molecule has 1 aromatic carbocycles. The van der Waals surface area contributed by atoms with Crippen LogP contribution in [0.15, 0.2) is 23.6 Å². The Morgan fingerprint density at radius 2 is 2.12 bits per heavy atom. The molecule has 128 valence electrons. The van der Waals surface area contributed by atoms with Crippen LogP contribution >= 0.6 is 23.1 Å². The molecule has 2 aromatic rings. The normalized spacial score (nSPS) is 10.5. The molecule has 5 nitrogen and oxygen atoms in total. The molecule has 0 bridgehead atoms. The molecule has 1 N–H and O–H groups in total. The van der Waals surface area contributed by atoms with E-state index in [0.29, 0.717) is 6.61 Å². The number of thioether (sulfide) groups is 1. The number of nitrogens with one attached hydrogen (secondary N) is 1. The van der Waals surface area contributed by atoms with Crippen molar-refractivity contribution in [2.45, 2.75) is 6.92 Å². The smallest absolute Gasteiger partial charge is 0.315 e. The van der Waals surface area contributed by atoms with Crippen LogP contribution in [0.25, 0.3) is 11.3 Å². The van der Waals surface area contributed by atoms with Crippen molar-refractivity contribution >= 4 is 40.1 Å². The molecular formula is C15H14F2N2O3S2. The second-order valence-electron chi connectivity index (χ2n) is 4.51. The summed E-state index contributed by atoms with van der Waals surface area (Å²) in [6.07, 6.45) is 0. The zero-order valence-corrected chi connectivity index (χ0v) is 14.3. The van der Waals surface area contributed by atoms with Crippen molar-refractivity contribution in [2.75, 3.05) is 23.4 Å². The maximum atomic E-state index is 13.7. The Labute approximate surface area is 145 Å². The van der Waals surface area contributed by atoms with Crippen molar-refractivity contribution in [3.63, 3.8) is 0 Å². The SMILES string of the molecule is CCOC(=O)CSCC(=O)Nc1nc(-c2cc(F)ccc2F)cs1. The van der Waals surface area contributed by atoms with Crippen molar-refractivity contribution in [3.05, 3.63) is 35.2 Å². The van der Waals surface area contributed by atoms with Gasteiger partial charge in [0.25, 0.3) is 0 Å². The van der Waals surface area contributed by atoms with Gasteiger partial charge in [-0.05, 0) is 25.1 Å². The summed E-state index contributed by atoms with van der Waals surface area (Å²) >= 11 is 2.22. The standard InChI is InChI=1S/C15H14F2N2O3S2/c1-2-22-14(21)8-23-7-13(20)19-15-18-12(6-24-15)10-5-9(16)3-4-11(10)17/h3-6H,2,7-8H2,1H3,(H,18,19,20). The highest BCUT2D eigenvalue weighted by Gasteiger charge is 2.13. The molecule has 1 heterocycles. The number of aromatic nitrogens is 1. The summed E-state index contributed by atoms with van der Waals surface area (Å²) in [6.45, 7) is 2.00. The number of halogens is 2. The number of thiazole rings is 1. The molecule has 0 spiro atoms. The number of anilines is 1. The molecule has 0 aliphatic carbocycles. The van der Waals surface area contributed by atoms with Crippen LogP contribution < -0.4 is 5.32 Å². The quantitative estimate of drug-likeness (QED) is 0.755. The molecule has 0 radical (unpaired) electrons. The van der Waals surface area contributed by atoms with Crippen LogP contribution in [-0.2, 0) is 14.3 Å². The maximum absolute atomic E-state index is 13.7. The predicted octanol–water partition coefficient (Wildman–Crippen LogP) is 3.32. The lowest BCUT2D eigenvalue weighted by molar-refractivity contribution is -0.139. The second-order valence-corrected chi connectivity index (χ2v) is 6.35. The summed E-state index contributed by atoms with van der Waals surface area (Å²) in [5, 5.41) is 4.35. The van der Waals surface area contributed by atoms with Gasteiger partial charge in [0.2, 0.25) is 5.91 Å². The van der Waals surface area contributed by atoms with Gasteiger partial charge < -0.3 is 10.1 Å². The van der Waals surface area contributed by atoms with Crippen molar-refractivity contribution in [1.29, 1.82) is 0 Å². The molecule has 1 amide bonds. The molecule has 2 rings (SSSR count). The van der Waals surface area contributed by atoms with Gasteiger partial charge in [0.15, 0.2) is 5.13 Å². The highest BCUT2D eigenvalue weighted by Crippen LogP contribution is 2.27. The third-order valence-corrected chi connectivity index (χ3v) is 4.38. The molecule has 1 aromatic heterocycles. The van der Waals surface area contributed by atoms with Crippen LogP contribution in [0.5, 0.6) is 0 Å². The Morgan fingerprint density at radius 1 is 1.33 bits per heavy atom. The van der Waals surface area contributed by atoms with E-state index in [-0.39, 0.29) is 39.8 Å². The van der Waals surface area contributed by atoms with Gasteiger partial charge >= 0.3 is 5.97 Å². The number of benzene rings is 1. The van der Waals surface area contributed by atoms with E-state index in [1.165, 1.54) is 5.38 Å². The van der Waals surface area contributed by atoms with Gasteiger partial charge in [0.05, 0.1) is 23.8 Å². The van der Waals surface area contributed by atoms with Crippen molar-refractivity contribution in [2.24, 2.45) is 0 Å². The first-order chi connectivity index (χ1) is 11.5. The number of nitrogens with zero attached hydrogens (tertiary/aromatic N) is 1. The Hall–Kier alpha value is -2.00. The topological polar surface area (TPSA) is 68.3 Å². The minimum atomic E-state index is -0.593. The summed E-state index contributed by atoms with van der Waals surface area (Å²) in [4.78, 5) is 27.0.